The lowest BCUT2D eigenvalue weighted by Crippen LogP contribution is -2.28. The van der Waals surface area contributed by atoms with Crippen LogP contribution in [0.5, 0.6) is 0 Å². The zero-order chi connectivity index (χ0) is 12.8. The molecule has 0 bridgehead atoms. The number of likely N-dealkylation sites (N-methyl/N-ethyl adjacent to an activating group) is 1. The van der Waals surface area contributed by atoms with Crippen LogP contribution in [0.15, 0.2) is 24.3 Å². The number of nitrogens with zero attached hydrogens (tertiary/aromatic N) is 1. The number of hydrogen-bond acceptors (Lipinski definition) is 1. The molecule has 0 aliphatic carbocycles. The molecule has 0 spiro atoms. The van der Waals surface area contributed by atoms with Crippen LogP contribution in [-0.4, -0.2) is 23.9 Å². The second kappa shape index (κ2) is 6.45. The van der Waals surface area contributed by atoms with Crippen LogP contribution in [0, 0.1) is 6.92 Å². The van der Waals surface area contributed by atoms with E-state index in [2.05, 4.69) is 0 Å². The van der Waals surface area contributed by atoms with E-state index in [4.69, 9.17) is 11.6 Å². The third kappa shape index (κ3) is 3.90. The zero-order valence-electron chi connectivity index (χ0n) is 10.5. The largest absolute Gasteiger partial charge is 0.340 e. The van der Waals surface area contributed by atoms with Crippen LogP contribution in [0.25, 0.3) is 6.08 Å². The van der Waals surface area contributed by atoms with Gasteiger partial charge in [0.05, 0.1) is 0 Å². The van der Waals surface area contributed by atoms with Crippen molar-refractivity contribution in [3.8, 4) is 0 Å². The fourth-order valence-electron chi connectivity index (χ4n) is 1.52. The highest BCUT2D eigenvalue weighted by atomic mass is 35.5. The van der Waals surface area contributed by atoms with Crippen molar-refractivity contribution in [2.24, 2.45) is 0 Å². The first-order chi connectivity index (χ1) is 8.08. The summed E-state index contributed by atoms with van der Waals surface area (Å²) in [4.78, 5) is 13.5. The predicted octanol–water partition coefficient (Wildman–Crippen LogP) is 3.53. The second-order valence-electron chi connectivity index (χ2n) is 3.85. The van der Waals surface area contributed by atoms with Crippen molar-refractivity contribution in [1.82, 2.24) is 4.90 Å². The molecule has 0 fully saturated rings. The fourth-order valence-corrected chi connectivity index (χ4v) is 1.71. The van der Waals surface area contributed by atoms with Crippen LogP contribution in [-0.2, 0) is 4.79 Å². The van der Waals surface area contributed by atoms with E-state index in [1.165, 1.54) is 0 Å². The third-order valence-electron chi connectivity index (χ3n) is 2.69. The van der Waals surface area contributed by atoms with Crippen molar-refractivity contribution in [2.75, 3.05) is 13.1 Å². The van der Waals surface area contributed by atoms with Gasteiger partial charge < -0.3 is 4.90 Å². The van der Waals surface area contributed by atoms with Crippen molar-refractivity contribution in [1.29, 1.82) is 0 Å². The smallest absolute Gasteiger partial charge is 0.246 e. The van der Waals surface area contributed by atoms with E-state index in [1.807, 2.05) is 39.0 Å². The number of hydrogen-bond donors (Lipinski definition) is 0. The van der Waals surface area contributed by atoms with Gasteiger partial charge in [0.25, 0.3) is 0 Å². The summed E-state index contributed by atoms with van der Waals surface area (Å²) in [7, 11) is 0. The first-order valence-corrected chi connectivity index (χ1v) is 6.19. The van der Waals surface area contributed by atoms with Crippen molar-refractivity contribution < 1.29 is 4.79 Å². The molecule has 0 saturated carbocycles. The normalized spacial score (nSPS) is 10.8. The molecule has 0 unspecified atom stereocenters. The molecule has 0 aliphatic heterocycles. The minimum absolute atomic E-state index is 0.0340. The Morgan fingerprint density at radius 3 is 2.53 bits per heavy atom. The summed E-state index contributed by atoms with van der Waals surface area (Å²) in [6.45, 7) is 7.36. The minimum Gasteiger partial charge on any atom is -0.340 e. The number of benzene rings is 1. The SMILES string of the molecule is CCN(CC)C(=O)C=Cc1ccc(C)c(Cl)c1. The summed E-state index contributed by atoms with van der Waals surface area (Å²) in [6, 6.07) is 5.76. The second-order valence-corrected chi connectivity index (χ2v) is 4.26. The standard InChI is InChI=1S/C14H18ClNO/c1-4-16(5-2)14(17)9-8-12-7-6-11(3)13(15)10-12/h6-10H,4-5H2,1-3H3. The van der Waals surface area contributed by atoms with Gasteiger partial charge in [-0.15, -0.1) is 0 Å². The van der Waals surface area contributed by atoms with Gasteiger partial charge in [-0.05, 0) is 44.0 Å². The molecule has 2 nitrogen and oxygen atoms in total. The molecule has 0 heterocycles. The topological polar surface area (TPSA) is 20.3 Å². The predicted molar refractivity (Wildman–Crippen MR) is 73.2 cm³/mol. The number of carbonyl (C=O) groups is 1. The molecule has 0 atom stereocenters. The van der Waals surface area contributed by atoms with Gasteiger partial charge >= 0.3 is 0 Å². The van der Waals surface area contributed by atoms with E-state index in [-0.39, 0.29) is 5.91 Å². The summed E-state index contributed by atoms with van der Waals surface area (Å²) in [5.74, 6) is 0.0340. The molecule has 1 rings (SSSR count). The number of carbonyl (C=O) groups excluding carboxylic acids is 1. The molecule has 17 heavy (non-hydrogen) atoms. The molecule has 0 aromatic heterocycles. The third-order valence-corrected chi connectivity index (χ3v) is 3.10. The molecule has 0 saturated heterocycles. The molecule has 3 heteroatoms. The van der Waals surface area contributed by atoms with Crippen molar-refractivity contribution >= 4 is 23.6 Å². The summed E-state index contributed by atoms with van der Waals surface area (Å²) < 4.78 is 0. The summed E-state index contributed by atoms with van der Waals surface area (Å²) in [6.07, 6.45) is 3.39. The van der Waals surface area contributed by atoms with E-state index in [0.717, 1.165) is 29.2 Å². The molecule has 1 aromatic rings. The molecular weight excluding hydrogens is 234 g/mol. The maximum atomic E-state index is 11.7. The van der Waals surface area contributed by atoms with Gasteiger partial charge in [0.15, 0.2) is 0 Å². The molecule has 1 aromatic carbocycles. The van der Waals surface area contributed by atoms with Crippen molar-refractivity contribution in [3.63, 3.8) is 0 Å². The van der Waals surface area contributed by atoms with Gasteiger partial charge in [0, 0.05) is 24.2 Å². The Kier molecular flexibility index (Phi) is 5.23. The van der Waals surface area contributed by atoms with E-state index in [9.17, 15) is 4.79 Å². The zero-order valence-corrected chi connectivity index (χ0v) is 11.3. The molecular formula is C14H18ClNO. The fraction of sp³-hybridized carbons (Fsp3) is 0.357. The Hall–Kier alpha value is -1.28. The average Bonchev–Trinajstić information content (AvgIpc) is 2.32. The van der Waals surface area contributed by atoms with E-state index < -0.39 is 0 Å². The van der Waals surface area contributed by atoms with Crippen LogP contribution in [0.4, 0.5) is 0 Å². The van der Waals surface area contributed by atoms with Gasteiger partial charge in [-0.2, -0.15) is 0 Å². The van der Waals surface area contributed by atoms with Crippen LogP contribution in [0.3, 0.4) is 0 Å². The quantitative estimate of drug-likeness (QED) is 0.750. The van der Waals surface area contributed by atoms with Crippen LogP contribution in [0.2, 0.25) is 5.02 Å². The number of rotatable bonds is 4. The molecule has 92 valence electrons. The minimum atomic E-state index is 0.0340. The first-order valence-electron chi connectivity index (χ1n) is 5.81. The van der Waals surface area contributed by atoms with Gasteiger partial charge in [-0.1, -0.05) is 23.7 Å². The number of amides is 1. The highest BCUT2D eigenvalue weighted by Gasteiger charge is 2.04. The van der Waals surface area contributed by atoms with E-state index >= 15 is 0 Å². The van der Waals surface area contributed by atoms with E-state index in [1.54, 1.807) is 17.1 Å². The Morgan fingerprint density at radius 2 is 2.00 bits per heavy atom. The highest BCUT2D eigenvalue weighted by molar-refractivity contribution is 6.31. The molecule has 0 radical (unpaired) electrons. The maximum Gasteiger partial charge on any atom is 0.246 e. The van der Waals surface area contributed by atoms with Gasteiger partial charge in [0.2, 0.25) is 5.91 Å². The van der Waals surface area contributed by atoms with Gasteiger partial charge in [0.1, 0.15) is 0 Å². The summed E-state index contributed by atoms with van der Waals surface area (Å²) in [5.41, 5.74) is 1.99. The van der Waals surface area contributed by atoms with Gasteiger partial charge in [-0.3, -0.25) is 4.79 Å². The average molecular weight is 252 g/mol. The number of aryl methyl sites for hydroxylation is 1. The molecule has 1 amide bonds. The first kappa shape index (κ1) is 13.8. The number of halogens is 1. The van der Waals surface area contributed by atoms with Gasteiger partial charge in [-0.25, -0.2) is 0 Å². The lowest BCUT2D eigenvalue weighted by atomic mass is 10.1. The van der Waals surface area contributed by atoms with Crippen LogP contribution < -0.4 is 0 Å². The molecule has 0 aliphatic rings. The van der Waals surface area contributed by atoms with E-state index in [0.29, 0.717) is 0 Å². The summed E-state index contributed by atoms with van der Waals surface area (Å²) >= 11 is 6.02. The van der Waals surface area contributed by atoms with Crippen molar-refractivity contribution in [2.45, 2.75) is 20.8 Å². The van der Waals surface area contributed by atoms with Crippen molar-refractivity contribution in [3.05, 3.63) is 40.4 Å². The molecule has 0 N–H and O–H groups in total. The lowest BCUT2D eigenvalue weighted by Gasteiger charge is -2.15. The monoisotopic (exact) mass is 251 g/mol. The van der Waals surface area contributed by atoms with Crippen LogP contribution >= 0.6 is 11.6 Å². The lowest BCUT2D eigenvalue weighted by molar-refractivity contribution is -0.125. The Morgan fingerprint density at radius 1 is 1.35 bits per heavy atom. The maximum absolute atomic E-state index is 11.7. The van der Waals surface area contributed by atoms with Crippen LogP contribution in [0.1, 0.15) is 25.0 Å². The Balaban J connectivity index is 2.76. The summed E-state index contributed by atoms with van der Waals surface area (Å²) in [5, 5.41) is 0.724. The highest BCUT2D eigenvalue weighted by Crippen LogP contribution is 2.17. The Labute approximate surface area is 108 Å². The Bertz CT molecular complexity index is 422.